The highest BCUT2D eigenvalue weighted by Crippen LogP contribution is 2.27. The average Bonchev–Trinajstić information content (AvgIpc) is 2.32. The zero-order chi connectivity index (χ0) is 14.3. The van der Waals surface area contributed by atoms with Crippen LogP contribution in [0.4, 0.5) is 4.79 Å². The minimum Gasteiger partial charge on any atom is -0.480 e. The van der Waals surface area contributed by atoms with Crippen LogP contribution in [0.3, 0.4) is 0 Å². The molecule has 0 spiro atoms. The summed E-state index contributed by atoms with van der Waals surface area (Å²) in [6.07, 6.45) is 5.99. The number of hydrogen-bond acceptors (Lipinski definition) is 3. The molecule has 2 amide bonds. The third-order valence-corrected chi connectivity index (χ3v) is 4.22. The summed E-state index contributed by atoms with van der Waals surface area (Å²) in [5, 5.41) is 11.7. The minimum absolute atomic E-state index is 0.247. The molecule has 1 saturated carbocycles. The number of nitrogens with zero attached hydrogens (tertiary/aromatic N) is 1. The summed E-state index contributed by atoms with van der Waals surface area (Å²) in [4.78, 5) is 24.9. The number of urea groups is 1. The van der Waals surface area contributed by atoms with Gasteiger partial charge in [0, 0.05) is 13.1 Å². The molecule has 1 atom stereocenters. The Kier molecular flexibility index (Phi) is 7.05. The van der Waals surface area contributed by atoms with Crippen molar-refractivity contribution >= 4 is 23.8 Å². The van der Waals surface area contributed by atoms with E-state index < -0.39 is 12.0 Å². The van der Waals surface area contributed by atoms with Gasteiger partial charge in [-0.05, 0) is 44.1 Å². The van der Waals surface area contributed by atoms with Gasteiger partial charge in [0.15, 0.2) is 0 Å². The third kappa shape index (κ3) is 5.30. The van der Waals surface area contributed by atoms with Crippen LogP contribution in [-0.4, -0.2) is 53.1 Å². The van der Waals surface area contributed by atoms with Crippen LogP contribution in [-0.2, 0) is 4.79 Å². The summed E-state index contributed by atoms with van der Waals surface area (Å²) in [5.74, 6) is 0.369. The van der Waals surface area contributed by atoms with Crippen LogP contribution in [0.5, 0.6) is 0 Å². The second kappa shape index (κ2) is 8.30. The molecule has 1 aliphatic carbocycles. The van der Waals surface area contributed by atoms with E-state index in [9.17, 15) is 9.59 Å². The first-order chi connectivity index (χ1) is 9.08. The molecular weight excluding hydrogens is 264 g/mol. The lowest BCUT2D eigenvalue weighted by Gasteiger charge is -2.32. The molecule has 6 heteroatoms. The number of carboxylic acid groups (broad SMARTS) is 1. The average molecular weight is 288 g/mol. The van der Waals surface area contributed by atoms with Crippen molar-refractivity contribution < 1.29 is 14.7 Å². The lowest BCUT2D eigenvalue weighted by atomic mass is 9.85. The maximum Gasteiger partial charge on any atom is 0.326 e. The van der Waals surface area contributed by atoms with E-state index in [1.54, 1.807) is 16.7 Å². The fourth-order valence-corrected chi connectivity index (χ4v) is 2.55. The topological polar surface area (TPSA) is 69.6 Å². The van der Waals surface area contributed by atoms with Gasteiger partial charge in [-0.2, -0.15) is 11.8 Å². The predicted molar refractivity (Wildman–Crippen MR) is 77.5 cm³/mol. The SMILES string of the molecule is CCN(CC1CCC1)C(=O)NC(CCSC)C(=O)O. The van der Waals surface area contributed by atoms with Crippen molar-refractivity contribution in [3.05, 3.63) is 0 Å². The number of nitrogens with one attached hydrogen (secondary N) is 1. The predicted octanol–water partition coefficient (Wildman–Crippen LogP) is 2.02. The zero-order valence-electron chi connectivity index (χ0n) is 11.7. The van der Waals surface area contributed by atoms with Crippen molar-refractivity contribution in [2.45, 2.75) is 38.6 Å². The molecule has 0 radical (unpaired) electrons. The number of rotatable bonds is 8. The highest BCUT2D eigenvalue weighted by Gasteiger charge is 2.25. The van der Waals surface area contributed by atoms with Crippen molar-refractivity contribution in [3.8, 4) is 0 Å². The van der Waals surface area contributed by atoms with Crippen molar-refractivity contribution in [3.63, 3.8) is 0 Å². The molecule has 5 nitrogen and oxygen atoms in total. The van der Waals surface area contributed by atoms with E-state index >= 15 is 0 Å². The molecule has 0 aromatic rings. The van der Waals surface area contributed by atoms with Gasteiger partial charge in [0.1, 0.15) is 6.04 Å². The van der Waals surface area contributed by atoms with Crippen LogP contribution >= 0.6 is 11.8 Å². The first-order valence-corrected chi connectivity index (χ1v) is 8.25. The molecule has 0 heterocycles. The number of thioether (sulfide) groups is 1. The van der Waals surface area contributed by atoms with Crippen molar-refractivity contribution in [1.29, 1.82) is 0 Å². The van der Waals surface area contributed by atoms with Gasteiger partial charge in [-0.1, -0.05) is 6.42 Å². The van der Waals surface area contributed by atoms with Gasteiger partial charge < -0.3 is 15.3 Å². The fourth-order valence-electron chi connectivity index (χ4n) is 2.08. The van der Waals surface area contributed by atoms with E-state index in [0.717, 1.165) is 12.3 Å². The maximum atomic E-state index is 12.1. The summed E-state index contributed by atoms with van der Waals surface area (Å²) in [6.45, 7) is 3.30. The van der Waals surface area contributed by atoms with Gasteiger partial charge in [0.25, 0.3) is 0 Å². The second-order valence-electron chi connectivity index (χ2n) is 4.96. The van der Waals surface area contributed by atoms with Crippen LogP contribution in [0.25, 0.3) is 0 Å². The minimum atomic E-state index is -0.956. The number of carbonyl (C=O) groups excluding carboxylic acids is 1. The van der Waals surface area contributed by atoms with E-state index in [2.05, 4.69) is 5.32 Å². The first-order valence-electron chi connectivity index (χ1n) is 6.85. The van der Waals surface area contributed by atoms with E-state index in [1.807, 2.05) is 13.2 Å². The molecule has 0 saturated heterocycles. The van der Waals surface area contributed by atoms with E-state index in [4.69, 9.17) is 5.11 Å². The molecule has 0 aliphatic heterocycles. The molecule has 1 unspecified atom stereocenters. The summed E-state index contributed by atoms with van der Waals surface area (Å²) in [7, 11) is 0. The Morgan fingerprint density at radius 3 is 2.58 bits per heavy atom. The molecule has 0 aromatic carbocycles. The molecule has 0 aromatic heterocycles. The molecule has 110 valence electrons. The molecular formula is C13H24N2O3S. The summed E-state index contributed by atoms with van der Waals surface area (Å²) in [6, 6.07) is -1.03. The van der Waals surface area contributed by atoms with Crippen molar-refractivity contribution in [2.75, 3.05) is 25.1 Å². The van der Waals surface area contributed by atoms with Crippen LogP contribution in [0, 0.1) is 5.92 Å². The van der Waals surface area contributed by atoms with Crippen LogP contribution < -0.4 is 5.32 Å². The lowest BCUT2D eigenvalue weighted by molar-refractivity contribution is -0.139. The number of carboxylic acids is 1. The molecule has 19 heavy (non-hydrogen) atoms. The van der Waals surface area contributed by atoms with E-state index in [1.165, 1.54) is 19.3 Å². The van der Waals surface area contributed by atoms with Gasteiger partial charge in [0.2, 0.25) is 0 Å². The smallest absolute Gasteiger partial charge is 0.326 e. The Balaban J connectivity index is 2.45. The quantitative estimate of drug-likeness (QED) is 0.717. The van der Waals surface area contributed by atoms with Gasteiger partial charge in [-0.3, -0.25) is 0 Å². The highest BCUT2D eigenvalue weighted by molar-refractivity contribution is 7.98. The summed E-state index contributed by atoms with van der Waals surface area (Å²) in [5.41, 5.74) is 0. The Bertz CT molecular complexity index is 308. The van der Waals surface area contributed by atoms with E-state index in [-0.39, 0.29) is 6.03 Å². The maximum absolute atomic E-state index is 12.1. The Morgan fingerprint density at radius 2 is 2.16 bits per heavy atom. The monoisotopic (exact) mass is 288 g/mol. The van der Waals surface area contributed by atoms with Gasteiger partial charge in [0.05, 0.1) is 0 Å². The number of hydrogen-bond donors (Lipinski definition) is 2. The van der Waals surface area contributed by atoms with Crippen LogP contribution in [0.1, 0.15) is 32.6 Å². The Hall–Kier alpha value is -0.910. The van der Waals surface area contributed by atoms with E-state index in [0.29, 0.717) is 18.9 Å². The van der Waals surface area contributed by atoms with Crippen molar-refractivity contribution in [1.82, 2.24) is 10.2 Å². The standard InChI is InChI=1S/C13H24N2O3S/c1-3-15(9-10-5-4-6-10)13(18)14-11(12(16)17)7-8-19-2/h10-11H,3-9H2,1-2H3,(H,14,18)(H,16,17). The number of aliphatic carboxylic acids is 1. The molecule has 0 bridgehead atoms. The lowest BCUT2D eigenvalue weighted by Crippen LogP contribution is -2.49. The highest BCUT2D eigenvalue weighted by atomic mass is 32.2. The molecule has 1 fully saturated rings. The van der Waals surface area contributed by atoms with Gasteiger partial charge in [-0.15, -0.1) is 0 Å². The summed E-state index contributed by atoms with van der Waals surface area (Å²) < 4.78 is 0. The number of carbonyl (C=O) groups is 2. The third-order valence-electron chi connectivity index (χ3n) is 3.58. The second-order valence-corrected chi connectivity index (χ2v) is 5.94. The normalized spacial score (nSPS) is 16.5. The zero-order valence-corrected chi connectivity index (χ0v) is 12.5. The van der Waals surface area contributed by atoms with Gasteiger partial charge >= 0.3 is 12.0 Å². The fraction of sp³-hybridized carbons (Fsp3) is 0.846. The number of amides is 2. The van der Waals surface area contributed by atoms with Gasteiger partial charge in [-0.25, -0.2) is 9.59 Å². The first kappa shape index (κ1) is 16.1. The Labute approximate surface area is 119 Å². The Morgan fingerprint density at radius 1 is 1.47 bits per heavy atom. The summed E-state index contributed by atoms with van der Waals surface area (Å²) >= 11 is 1.58. The molecule has 2 N–H and O–H groups in total. The van der Waals surface area contributed by atoms with Crippen molar-refractivity contribution in [2.24, 2.45) is 5.92 Å². The largest absolute Gasteiger partial charge is 0.480 e. The molecule has 1 aliphatic rings. The molecule has 1 rings (SSSR count). The van der Waals surface area contributed by atoms with Crippen LogP contribution in [0.15, 0.2) is 0 Å². The van der Waals surface area contributed by atoms with Crippen LogP contribution in [0.2, 0.25) is 0 Å².